The van der Waals surface area contributed by atoms with Crippen LogP contribution in [0.15, 0.2) is 18.2 Å². The van der Waals surface area contributed by atoms with Gasteiger partial charge in [-0.15, -0.1) is 0 Å². The van der Waals surface area contributed by atoms with Crippen molar-refractivity contribution in [2.45, 2.75) is 32.6 Å². The minimum atomic E-state index is -0.852. The monoisotopic (exact) mass is 238 g/mol. The summed E-state index contributed by atoms with van der Waals surface area (Å²) in [6.45, 7) is 1.61. The Bertz CT molecular complexity index is 427. The van der Waals surface area contributed by atoms with E-state index in [1.165, 1.54) is 18.2 Å². The number of carbonyl (C=O) groups is 2. The number of halogens is 1. The van der Waals surface area contributed by atoms with Crippen LogP contribution in [0.25, 0.3) is 0 Å². The summed E-state index contributed by atoms with van der Waals surface area (Å²) in [7, 11) is 0. The van der Waals surface area contributed by atoms with Crippen LogP contribution in [0.3, 0.4) is 0 Å². The number of hydrogen-bond donors (Lipinski definition) is 1. The van der Waals surface area contributed by atoms with E-state index in [1.807, 2.05) is 0 Å². The second kappa shape index (κ2) is 6.13. The lowest BCUT2D eigenvalue weighted by molar-refractivity contribution is -0.137. The van der Waals surface area contributed by atoms with Gasteiger partial charge in [-0.25, -0.2) is 4.39 Å². The molecule has 3 nitrogen and oxygen atoms in total. The lowest BCUT2D eigenvalue weighted by atomic mass is 10.0. The predicted molar refractivity (Wildman–Crippen MR) is 61.6 cm³/mol. The molecule has 1 aromatic carbocycles. The minimum Gasteiger partial charge on any atom is -0.481 e. The zero-order valence-electron chi connectivity index (χ0n) is 9.70. The molecule has 1 N–H and O–H groups in total. The van der Waals surface area contributed by atoms with Crippen LogP contribution in [0.5, 0.6) is 0 Å². The van der Waals surface area contributed by atoms with Crippen molar-refractivity contribution in [2.75, 3.05) is 0 Å². The Morgan fingerprint density at radius 1 is 1.24 bits per heavy atom. The molecule has 0 aromatic heterocycles. The molecule has 0 aliphatic rings. The van der Waals surface area contributed by atoms with E-state index in [0.29, 0.717) is 30.4 Å². The topological polar surface area (TPSA) is 54.4 Å². The van der Waals surface area contributed by atoms with E-state index in [-0.39, 0.29) is 18.0 Å². The lowest BCUT2D eigenvalue weighted by Gasteiger charge is -2.02. The summed E-state index contributed by atoms with van der Waals surface area (Å²) >= 11 is 0. The number of aryl methyl sites for hydroxylation is 1. The number of carbonyl (C=O) groups excluding carboxylic acids is 1. The number of Topliss-reactive ketones (excluding diaryl/α,β-unsaturated/α-hetero) is 1. The maximum atomic E-state index is 13.0. The van der Waals surface area contributed by atoms with Gasteiger partial charge in [-0.3, -0.25) is 9.59 Å². The van der Waals surface area contributed by atoms with Gasteiger partial charge in [-0.05, 0) is 43.5 Å². The van der Waals surface area contributed by atoms with Crippen molar-refractivity contribution in [1.29, 1.82) is 0 Å². The first-order valence-corrected chi connectivity index (χ1v) is 5.52. The maximum absolute atomic E-state index is 13.0. The Morgan fingerprint density at radius 3 is 2.47 bits per heavy atom. The fraction of sp³-hybridized carbons (Fsp3) is 0.385. The molecular weight excluding hydrogens is 223 g/mol. The van der Waals surface area contributed by atoms with Gasteiger partial charge in [-0.2, -0.15) is 0 Å². The smallest absolute Gasteiger partial charge is 0.303 e. The number of carboxylic acids is 1. The molecule has 0 aliphatic carbocycles. The van der Waals surface area contributed by atoms with Crippen LogP contribution >= 0.6 is 0 Å². The molecule has 0 heterocycles. The van der Waals surface area contributed by atoms with Crippen molar-refractivity contribution >= 4 is 11.8 Å². The maximum Gasteiger partial charge on any atom is 0.303 e. The molecule has 17 heavy (non-hydrogen) atoms. The van der Waals surface area contributed by atoms with Crippen LogP contribution in [0.4, 0.5) is 4.39 Å². The molecule has 0 atom stereocenters. The molecule has 0 unspecified atom stereocenters. The van der Waals surface area contributed by atoms with Gasteiger partial charge in [0.2, 0.25) is 0 Å². The first-order chi connectivity index (χ1) is 8.00. The largest absolute Gasteiger partial charge is 0.481 e. The van der Waals surface area contributed by atoms with E-state index in [0.717, 1.165) is 0 Å². The first kappa shape index (κ1) is 13.4. The standard InChI is InChI=1S/C13H15FO3/c1-9-8-10(6-7-11(9)14)12(15)4-2-3-5-13(16)17/h6-8H,2-5H2,1H3,(H,16,17). The van der Waals surface area contributed by atoms with Gasteiger partial charge >= 0.3 is 5.97 Å². The van der Waals surface area contributed by atoms with E-state index in [9.17, 15) is 14.0 Å². The van der Waals surface area contributed by atoms with Crippen LogP contribution in [-0.4, -0.2) is 16.9 Å². The number of ketones is 1. The zero-order valence-corrected chi connectivity index (χ0v) is 9.70. The van der Waals surface area contributed by atoms with Crippen molar-refractivity contribution in [1.82, 2.24) is 0 Å². The Balaban J connectivity index is 2.47. The van der Waals surface area contributed by atoms with Crippen LogP contribution in [0.1, 0.15) is 41.6 Å². The number of unbranched alkanes of at least 4 members (excludes halogenated alkanes) is 1. The summed E-state index contributed by atoms with van der Waals surface area (Å²) in [5.41, 5.74) is 0.931. The van der Waals surface area contributed by atoms with Gasteiger partial charge in [0.05, 0.1) is 0 Å². The van der Waals surface area contributed by atoms with Gasteiger partial charge in [-0.1, -0.05) is 0 Å². The zero-order chi connectivity index (χ0) is 12.8. The molecule has 0 fully saturated rings. The van der Waals surface area contributed by atoms with E-state index >= 15 is 0 Å². The molecule has 0 spiro atoms. The van der Waals surface area contributed by atoms with E-state index in [2.05, 4.69) is 0 Å². The van der Waals surface area contributed by atoms with Crippen LogP contribution in [0.2, 0.25) is 0 Å². The number of benzene rings is 1. The van der Waals surface area contributed by atoms with E-state index < -0.39 is 5.97 Å². The van der Waals surface area contributed by atoms with Crippen molar-refractivity contribution < 1.29 is 19.1 Å². The van der Waals surface area contributed by atoms with Crippen molar-refractivity contribution in [3.8, 4) is 0 Å². The number of aliphatic carboxylic acids is 1. The van der Waals surface area contributed by atoms with Gasteiger partial charge in [0.15, 0.2) is 5.78 Å². The second-order valence-electron chi connectivity index (χ2n) is 3.99. The van der Waals surface area contributed by atoms with Crippen LogP contribution < -0.4 is 0 Å². The van der Waals surface area contributed by atoms with E-state index in [1.54, 1.807) is 6.92 Å². The van der Waals surface area contributed by atoms with Gasteiger partial charge < -0.3 is 5.11 Å². The van der Waals surface area contributed by atoms with Gasteiger partial charge in [0.25, 0.3) is 0 Å². The number of hydrogen-bond acceptors (Lipinski definition) is 2. The quantitative estimate of drug-likeness (QED) is 0.612. The molecule has 4 heteroatoms. The number of rotatable bonds is 6. The molecule has 0 saturated heterocycles. The molecule has 0 radical (unpaired) electrons. The Kier molecular flexibility index (Phi) is 4.82. The van der Waals surface area contributed by atoms with Gasteiger partial charge in [0.1, 0.15) is 5.82 Å². The van der Waals surface area contributed by atoms with Crippen LogP contribution in [-0.2, 0) is 4.79 Å². The average Bonchev–Trinajstić information content (AvgIpc) is 2.27. The molecule has 0 aliphatic heterocycles. The molecule has 0 bridgehead atoms. The number of carboxylic acid groups (broad SMARTS) is 1. The summed E-state index contributed by atoms with van der Waals surface area (Å²) in [5.74, 6) is -1.25. The fourth-order valence-electron chi connectivity index (χ4n) is 1.52. The summed E-state index contributed by atoms with van der Waals surface area (Å²) in [5, 5.41) is 8.44. The van der Waals surface area contributed by atoms with Crippen molar-refractivity contribution in [2.24, 2.45) is 0 Å². The summed E-state index contributed by atoms with van der Waals surface area (Å²) in [4.78, 5) is 22.0. The Hall–Kier alpha value is -1.71. The molecule has 1 rings (SSSR count). The predicted octanol–water partition coefficient (Wildman–Crippen LogP) is 2.96. The van der Waals surface area contributed by atoms with Crippen LogP contribution in [0, 0.1) is 12.7 Å². The van der Waals surface area contributed by atoms with Crippen molar-refractivity contribution in [3.63, 3.8) is 0 Å². The second-order valence-corrected chi connectivity index (χ2v) is 3.99. The van der Waals surface area contributed by atoms with E-state index in [4.69, 9.17) is 5.11 Å². The molecule has 0 saturated carbocycles. The lowest BCUT2D eigenvalue weighted by Crippen LogP contribution is -2.01. The third kappa shape index (κ3) is 4.34. The minimum absolute atomic E-state index is 0.0708. The SMILES string of the molecule is Cc1cc(C(=O)CCCCC(=O)O)ccc1F. The average molecular weight is 238 g/mol. The molecule has 0 amide bonds. The highest BCUT2D eigenvalue weighted by Crippen LogP contribution is 2.13. The first-order valence-electron chi connectivity index (χ1n) is 5.52. The highest BCUT2D eigenvalue weighted by Gasteiger charge is 2.08. The Morgan fingerprint density at radius 2 is 1.88 bits per heavy atom. The summed E-state index contributed by atoms with van der Waals surface area (Å²) in [6, 6.07) is 4.26. The van der Waals surface area contributed by atoms with Gasteiger partial charge in [0, 0.05) is 18.4 Å². The normalized spacial score (nSPS) is 10.2. The molecule has 1 aromatic rings. The highest BCUT2D eigenvalue weighted by molar-refractivity contribution is 5.96. The third-order valence-corrected chi connectivity index (χ3v) is 2.52. The molecule has 92 valence electrons. The summed E-state index contributed by atoms with van der Waals surface area (Å²) in [6.07, 6.45) is 1.41. The fourth-order valence-corrected chi connectivity index (χ4v) is 1.52. The highest BCUT2D eigenvalue weighted by atomic mass is 19.1. The Labute approximate surface area is 99.3 Å². The summed E-state index contributed by atoms with van der Waals surface area (Å²) < 4.78 is 13.0. The van der Waals surface area contributed by atoms with Crippen molar-refractivity contribution in [3.05, 3.63) is 35.1 Å². The molecular formula is C13H15FO3. The third-order valence-electron chi connectivity index (χ3n) is 2.52.